The van der Waals surface area contributed by atoms with E-state index < -0.39 is 12.1 Å². The number of ketones is 1. The van der Waals surface area contributed by atoms with Gasteiger partial charge >= 0.3 is 6.36 Å². The smallest absolute Gasteiger partial charge is 0.406 e. The minimum absolute atomic E-state index is 0.172. The van der Waals surface area contributed by atoms with Crippen LogP contribution in [0.5, 0.6) is 5.75 Å². The molecule has 0 atom stereocenters. The van der Waals surface area contributed by atoms with Gasteiger partial charge in [-0.1, -0.05) is 12.1 Å². The number of benzene rings is 1. The Morgan fingerprint density at radius 3 is 2.62 bits per heavy atom. The summed E-state index contributed by atoms with van der Waals surface area (Å²) in [5, 5.41) is 1.92. The average Bonchev–Trinajstić information content (AvgIpc) is 2.96. The Morgan fingerprint density at radius 1 is 1.10 bits per heavy atom. The number of fused-ring (bicyclic) bond motifs is 1. The van der Waals surface area contributed by atoms with E-state index in [1.165, 1.54) is 34.8 Å². The van der Waals surface area contributed by atoms with Gasteiger partial charge in [-0.25, -0.2) is 0 Å². The molecule has 0 saturated heterocycles. The molecule has 2 aromatic heterocycles. The summed E-state index contributed by atoms with van der Waals surface area (Å²) in [4.78, 5) is 12.8. The average molecular weight is 328 g/mol. The van der Waals surface area contributed by atoms with Crippen LogP contribution in [0.2, 0.25) is 0 Å². The fraction of sp³-hybridized carbons (Fsp3) is 0.0714. The maximum atomic E-state index is 12.3. The Labute approximate surface area is 125 Å². The third-order valence-electron chi connectivity index (χ3n) is 2.69. The van der Waals surface area contributed by atoms with Crippen molar-refractivity contribution < 1.29 is 22.7 Å². The van der Waals surface area contributed by atoms with Crippen molar-refractivity contribution in [2.24, 2.45) is 0 Å². The van der Waals surface area contributed by atoms with Crippen molar-refractivity contribution in [1.82, 2.24) is 0 Å². The second kappa shape index (κ2) is 5.16. The minimum Gasteiger partial charge on any atom is -0.406 e. The first-order valence-electron chi connectivity index (χ1n) is 5.80. The largest absolute Gasteiger partial charge is 0.573 e. The van der Waals surface area contributed by atoms with Gasteiger partial charge in [-0.15, -0.1) is 35.8 Å². The molecular formula is C14H7F3O2S2. The highest BCUT2D eigenvalue weighted by Crippen LogP contribution is 2.32. The molecule has 0 saturated carbocycles. The molecule has 0 unspecified atom stereocenters. The van der Waals surface area contributed by atoms with E-state index in [0.29, 0.717) is 4.88 Å². The lowest BCUT2D eigenvalue weighted by Crippen LogP contribution is -2.17. The predicted molar refractivity (Wildman–Crippen MR) is 76.3 cm³/mol. The number of carbonyl (C=O) groups is 1. The molecule has 3 aromatic rings. The number of ether oxygens (including phenoxy) is 1. The van der Waals surface area contributed by atoms with Gasteiger partial charge in [0, 0.05) is 15.0 Å². The van der Waals surface area contributed by atoms with Gasteiger partial charge in [0.25, 0.3) is 0 Å². The zero-order valence-electron chi connectivity index (χ0n) is 10.3. The van der Waals surface area contributed by atoms with Crippen LogP contribution < -0.4 is 4.74 Å². The first-order chi connectivity index (χ1) is 9.92. The van der Waals surface area contributed by atoms with E-state index in [1.807, 2.05) is 11.4 Å². The highest BCUT2D eigenvalue weighted by Gasteiger charge is 2.31. The summed E-state index contributed by atoms with van der Waals surface area (Å²) in [6, 6.07) is 8.76. The Bertz CT molecular complexity index is 773. The van der Waals surface area contributed by atoms with Crippen LogP contribution in [-0.2, 0) is 0 Å². The van der Waals surface area contributed by atoms with Crippen molar-refractivity contribution in [3.05, 3.63) is 52.2 Å². The molecule has 7 heteroatoms. The van der Waals surface area contributed by atoms with Crippen LogP contribution in [0.25, 0.3) is 9.40 Å². The molecule has 0 spiro atoms. The van der Waals surface area contributed by atoms with Crippen molar-refractivity contribution in [3.63, 3.8) is 0 Å². The maximum Gasteiger partial charge on any atom is 0.573 e. The lowest BCUT2D eigenvalue weighted by Gasteiger charge is -2.09. The second-order valence-electron chi connectivity index (χ2n) is 4.16. The molecule has 0 amide bonds. The van der Waals surface area contributed by atoms with E-state index in [1.54, 1.807) is 6.07 Å². The van der Waals surface area contributed by atoms with E-state index in [9.17, 15) is 18.0 Å². The van der Waals surface area contributed by atoms with E-state index >= 15 is 0 Å². The summed E-state index contributed by atoms with van der Waals surface area (Å²) in [6.07, 6.45) is -4.77. The van der Waals surface area contributed by atoms with Crippen molar-refractivity contribution in [1.29, 1.82) is 0 Å². The molecule has 0 fully saturated rings. The number of carbonyl (C=O) groups excluding carboxylic acids is 1. The number of rotatable bonds is 3. The van der Waals surface area contributed by atoms with E-state index in [-0.39, 0.29) is 11.3 Å². The van der Waals surface area contributed by atoms with Crippen LogP contribution in [0.15, 0.2) is 41.8 Å². The second-order valence-corrected chi connectivity index (χ2v) is 6.20. The third-order valence-corrected chi connectivity index (χ3v) is 4.79. The van der Waals surface area contributed by atoms with Gasteiger partial charge in [-0.2, -0.15) is 0 Å². The standard InChI is InChI=1S/C14H7F3O2S2/c15-14(16,17)19-9-3-1-2-8(6-9)13(18)12-7-11-10(21-12)4-5-20-11/h1-7H. The van der Waals surface area contributed by atoms with Gasteiger partial charge in [0.2, 0.25) is 5.78 Å². The monoisotopic (exact) mass is 328 g/mol. The van der Waals surface area contributed by atoms with Crippen molar-refractivity contribution in [2.75, 3.05) is 0 Å². The first-order valence-corrected chi connectivity index (χ1v) is 7.49. The van der Waals surface area contributed by atoms with E-state index in [4.69, 9.17) is 0 Å². The fourth-order valence-electron chi connectivity index (χ4n) is 1.85. The molecule has 0 radical (unpaired) electrons. The normalized spacial score (nSPS) is 11.8. The van der Waals surface area contributed by atoms with Gasteiger partial charge in [0.05, 0.1) is 4.88 Å². The number of alkyl halides is 3. The predicted octanol–water partition coefficient (Wildman–Crippen LogP) is 5.09. The minimum atomic E-state index is -4.77. The van der Waals surface area contributed by atoms with Crippen LogP contribution in [-0.4, -0.2) is 12.1 Å². The SMILES string of the molecule is O=C(c1cccc(OC(F)(F)F)c1)c1cc2sccc2s1. The lowest BCUT2D eigenvalue weighted by atomic mass is 10.1. The summed E-state index contributed by atoms with van der Waals surface area (Å²) in [5.41, 5.74) is 0.172. The molecule has 0 bridgehead atoms. The molecule has 108 valence electrons. The Balaban J connectivity index is 1.90. The Kier molecular flexibility index (Phi) is 3.46. The highest BCUT2D eigenvalue weighted by molar-refractivity contribution is 7.28. The van der Waals surface area contributed by atoms with Crippen molar-refractivity contribution in [2.45, 2.75) is 6.36 Å². The van der Waals surface area contributed by atoms with E-state index in [0.717, 1.165) is 21.5 Å². The molecule has 0 aliphatic heterocycles. The molecule has 0 N–H and O–H groups in total. The number of halogens is 3. The molecule has 1 aromatic carbocycles. The quantitative estimate of drug-likeness (QED) is 0.626. The van der Waals surface area contributed by atoms with Gasteiger partial charge in [0.1, 0.15) is 5.75 Å². The summed E-state index contributed by atoms with van der Waals surface area (Å²) in [6.45, 7) is 0. The zero-order chi connectivity index (χ0) is 15.0. The van der Waals surface area contributed by atoms with Crippen LogP contribution in [0.4, 0.5) is 13.2 Å². The molecule has 21 heavy (non-hydrogen) atoms. The third kappa shape index (κ3) is 3.08. The Morgan fingerprint density at radius 2 is 1.90 bits per heavy atom. The highest BCUT2D eigenvalue weighted by atomic mass is 32.1. The van der Waals surface area contributed by atoms with Gasteiger partial charge in [-0.3, -0.25) is 4.79 Å². The zero-order valence-corrected chi connectivity index (χ0v) is 11.9. The summed E-state index contributed by atoms with van der Waals surface area (Å²) < 4.78 is 42.4. The fourth-order valence-corrected chi connectivity index (χ4v) is 3.93. The van der Waals surface area contributed by atoms with Crippen LogP contribution in [0.3, 0.4) is 0 Å². The molecule has 2 heterocycles. The molecule has 3 rings (SSSR count). The van der Waals surface area contributed by atoms with Crippen molar-refractivity contribution >= 4 is 37.9 Å². The topological polar surface area (TPSA) is 26.3 Å². The van der Waals surface area contributed by atoms with Crippen molar-refractivity contribution in [3.8, 4) is 5.75 Å². The maximum absolute atomic E-state index is 12.3. The summed E-state index contributed by atoms with van der Waals surface area (Å²) in [7, 11) is 0. The molecular weight excluding hydrogens is 321 g/mol. The Hall–Kier alpha value is -1.86. The molecule has 0 aliphatic rings. The first kappa shape index (κ1) is 14.1. The molecule has 0 aliphatic carbocycles. The van der Waals surface area contributed by atoms with Crippen LogP contribution in [0.1, 0.15) is 15.2 Å². The summed E-state index contributed by atoms with van der Waals surface area (Å²) in [5.74, 6) is -0.706. The van der Waals surface area contributed by atoms with Gasteiger partial charge in [-0.05, 0) is 29.6 Å². The van der Waals surface area contributed by atoms with Crippen LogP contribution in [0, 0.1) is 0 Å². The van der Waals surface area contributed by atoms with E-state index in [2.05, 4.69) is 4.74 Å². The molecule has 2 nitrogen and oxygen atoms in total. The number of hydrogen-bond acceptors (Lipinski definition) is 4. The van der Waals surface area contributed by atoms with Gasteiger partial charge < -0.3 is 4.74 Å². The number of hydrogen-bond donors (Lipinski definition) is 0. The lowest BCUT2D eigenvalue weighted by molar-refractivity contribution is -0.274. The number of thiophene rings is 2. The van der Waals surface area contributed by atoms with Crippen LogP contribution >= 0.6 is 22.7 Å². The summed E-state index contributed by atoms with van der Waals surface area (Å²) >= 11 is 2.84. The van der Waals surface area contributed by atoms with Gasteiger partial charge in [0.15, 0.2) is 0 Å².